The van der Waals surface area contributed by atoms with E-state index >= 15 is 0 Å². The van der Waals surface area contributed by atoms with Gasteiger partial charge in [0.2, 0.25) is 0 Å². The van der Waals surface area contributed by atoms with Gasteiger partial charge in [-0.05, 0) is 48.0 Å². The van der Waals surface area contributed by atoms with E-state index in [1.807, 2.05) is 12.1 Å². The molecule has 0 aliphatic heterocycles. The van der Waals surface area contributed by atoms with Crippen molar-refractivity contribution >= 4 is 11.6 Å². The molecule has 0 bridgehead atoms. The van der Waals surface area contributed by atoms with E-state index in [-0.39, 0.29) is 0 Å². The third-order valence-corrected chi connectivity index (χ3v) is 3.65. The second kappa shape index (κ2) is 7.01. The molecule has 1 aromatic heterocycles. The van der Waals surface area contributed by atoms with Crippen LogP contribution in [0.1, 0.15) is 22.5 Å². The van der Waals surface area contributed by atoms with Crippen LogP contribution < -0.4 is 0 Å². The number of benzene rings is 2. The largest absolute Gasteiger partial charge is 0.457 e. The lowest BCUT2D eigenvalue weighted by Gasteiger charge is -2.00. The Morgan fingerprint density at radius 3 is 2.48 bits per heavy atom. The number of nitrogens with zero attached hydrogens (tertiary/aromatic N) is 3. The summed E-state index contributed by atoms with van der Waals surface area (Å²) in [5.41, 5.74) is 2.76. The van der Waals surface area contributed by atoms with Crippen molar-refractivity contribution in [1.82, 2.24) is 0 Å². The fourth-order valence-electron chi connectivity index (χ4n) is 2.45. The summed E-state index contributed by atoms with van der Waals surface area (Å²) in [4.78, 5) is 0. The van der Waals surface area contributed by atoms with Crippen LogP contribution >= 0.6 is 0 Å². The van der Waals surface area contributed by atoms with Gasteiger partial charge >= 0.3 is 0 Å². The molecule has 0 radical (unpaired) electrons. The molecule has 25 heavy (non-hydrogen) atoms. The summed E-state index contributed by atoms with van der Waals surface area (Å²) in [5.74, 6) is 1.06. The van der Waals surface area contributed by atoms with Crippen molar-refractivity contribution in [1.29, 1.82) is 15.8 Å². The smallest absolute Gasteiger partial charge is 0.136 e. The van der Waals surface area contributed by atoms with Crippen LogP contribution in [0, 0.1) is 34.0 Å². The second-order valence-corrected chi connectivity index (χ2v) is 5.22. The van der Waals surface area contributed by atoms with Crippen LogP contribution in [0.3, 0.4) is 0 Å². The molecule has 0 N–H and O–H groups in total. The van der Waals surface area contributed by atoms with E-state index < -0.39 is 0 Å². The van der Waals surface area contributed by atoms with Gasteiger partial charge in [0.05, 0.1) is 34.9 Å². The zero-order valence-corrected chi connectivity index (χ0v) is 13.1. The van der Waals surface area contributed by atoms with Crippen molar-refractivity contribution in [2.75, 3.05) is 0 Å². The molecule has 0 fully saturated rings. The topological polar surface area (TPSA) is 84.5 Å². The number of hydrogen-bond donors (Lipinski definition) is 0. The van der Waals surface area contributed by atoms with Crippen LogP contribution in [-0.2, 0) is 0 Å². The predicted octanol–water partition coefficient (Wildman–Crippen LogP) is 4.75. The van der Waals surface area contributed by atoms with Gasteiger partial charge in [0.25, 0.3) is 0 Å². The van der Waals surface area contributed by atoms with Crippen LogP contribution in [0.2, 0.25) is 0 Å². The number of rotatable bonds is 3. The Morgan fingerprint density at radius 2 is 1.72 bits per heavy atom. The van der Waals surface area contributed by atoms with Gasteiger partial charge in [0, 0.05) is 5.56 Å². The van der Waals surface area contributed by atoms with Crippen molar-refractivity contribution in [3.05, 3.63) is 83.1 Å². The molecule has 0 saturated heterocycles. The molecule has 1 heterocycles. The molecule has 4 nitrogen and oxygen atoms in total. The molecule has 4 heteroatoms. The van der Waals surface area contributed by atoms with Gasteiger partial charge in [0.1, 0.15) is 11.5 Å². The molecular formula is C21H11N3O. The molecule has 0 saturated carbocycles. The van der Waals surface area contributed by atoms with Gasteiger partial charge in [0.15, 0.2) is 0 Å². The Bertz CT molecular complexity index is 1090. The standard InChI is InChI=1S/C21H11N3O/c22-12-15-4-3-6-16(10-15)18(14-24)11-19-8-9-21(25-19)20-7-2-1-5-17(20)13-23/h1-11H/b18-11-. The Kier molecular flexibility index (Phi) is 4.43. The zero-order chi connectivity index (χ0) is 17.6. The van der Waals surface area contributed by atoms with Gasteiger partial charge < -0.3 is 4.42 Å². The average molecular weight is 321 g/mol. The molecule has 0 aliphatic rings. The van der Waals surface area contributed by atoms with Crippen molar-refractivity contribution in [3.63, 3.8) is 0 Å². The summed E-state index contributed by atoms with van der Waals surface area (Å²) in [5, 5.41) is 27.6. The molecule has 0 spiro atoms. The highest BCUT2D eigenvalue weighted by Gasteiger charge is 2.09. The first kappa shape index (κ1) is 15.8. The fraction of sp³-hybridized carbons (Fsp3) is 0. The first-order valence-electron chi connectivity index (χ1n) is 7.47. The Balaban J connectivity index is 1.99. The quantitative estimate of drug-likeness (QED) is 0.651. The summed E-state index contributed by atoms with van der Waals surface area (Å²) in [6.45, 7) is 0. The maximum absolute atomic E-state index is 9.42. The van der Waals surface area contributed by atoms with Crippen molar-refractivity contribution in [2.24, 2.45) is 0 Å². The monoisotopic (exact) mass is 321 g/mol. The molecule has 3 aromatic rings. The highest BCUT2D eigenvalue weighted by molar-refractivity contribution is 5.89. The molecule has 3 rings (SSSR count). The van der Waals surface area contributed by atoms with Gasteiger partial charge in [-0.15, -0.1) is 0 Å². The molecule has 0 unspecified atom stereocenters. The van der Waals surface area contributed by atoms with Crippen molar-refractivity contribution in [3.8, 4) is 29.5 Å². The van der Waals surface area contributed by atoms with E-state index in [9.17, 15) is 10.5 Å². The van der Waals surface area contributed by atoms with E-state index in [0.717, 1.165) is 0 Å². The highest BCUT2D eigenvalue weighted by atomic mass is 16.3. The Hall–Kier alpha value is -4.07. The van der Waals surface area contributed by atoms with Crippen molar-refractivity contribution < 1.29 is 4.42 Å². The van der Waals surface area contributed by atoms with Gasteiger partial charge in [-0.2, -0.15) is 15.8 Å². The van der Waals surface area contributed by atoms with Gasteiger partial charge in [-0.25, -0.2) is 0 Å². The summed E-state index contributed by atoms with van der Waals surface area (Å²) < 4.78 is 5.78. The Morgan fingerprint density at radius 1 is 0.880 bits per heavy atom. The minimum Gasteiger partial charge on any atom is -0.457 e. The van der Waals surface area contributed by atoms with Crippen LogP contribution in [0.4, 0.5) is 0 Å². The second-order valence-electron chi connectivity index (χ2n) is 5.22. The third-order valence-electron chi connectivity index (χ3n) is 3.65. The first-order valence-corrected chi connectivity index (χ1v) is 7.47. The van der Waals surface area contributed by atoms with Crippen LogP contribution in [0.15, 0.2) is 65.1 Å². The summed E-state index contributed by atoms with van der Waals surface area (Å²) in [6, 6.07) is 23.8. The lowest BCUT2D eigenvalue weighted by molar-refractivity contribution is 0.572. The molecule has 0 aliphatic carbocycles. The van der Waals surface area contributed by atoms with Crippen LogP contribution in [0.25, 0.3) is 23.0 Å². The van der Waals surface area contributed by atoms with E-state index in [4.69, 9.17) is 9.68 Å². The van der Waals surface area contributed by atoms with Crippen LogP contribution in [-0.4, -0.2) is 0 Å². The third kappa shape index (κ3) is 3.32. The lowest BCUT2D eigenvalue weighted by atomic mass is 10.0. The number of hydrogen-bond acceptors (Lipinski definition) is 4. The zero-order valence-electron chi connectivity index (χ0n) is 13.1. The average Bonchev–Trinajstić information content (AvgIpc) is 3.14. The van der Waals surface area contributed by atoms with E-state index in [2.05, 4.69) is 18.2 Å². The highest BCUT2D eigenvalue weighted by Crippen LogP contribution is 2.27. The first-order chi connectivity index (χ1) is 12.2. The summed E-state index contributed by atoms with van der Waals surface area (Å²) in [6.07, 6.45) is 1.62. The predicted molar refractivity (Wildman–Crippen MR) is 93.5 cm³/mol. The number of furan rings is 1. The minimum absolute atomic E-state index is 0.395. The molecule has 116 valence electrons. The maximum atomic E-state index is 9.42. The fourth-order valence-corrected chi connectivity index (χ4v) is 2.45. The summed E-state index contributed by atoms with van der Waals surface area (Å²) in [7, 11) is 0. The maximum Gasteiger partial charge on any atom is 0.136 e. The molecule has 2 aromatic carbocycles. The minimum atomic E-state index is 0.395. The number of allylic oxidation sites excluding steroid dienone is 1. The summed E-state index contributed by atoms with van der Waals surface area (Å²) >= 11 is 0. The molecule has 0 amide bonds. The van der Waals surface area contributed by atoms with Crippen molar-refractivity contribution in [2.45, 2.75) is 0 Å². The van der Waals surface area contributed by atoms with Gasteiger partial charge in [-0.1, -0.05) is 24.3 Å². The molecule has 0 atom stereocenters. The molecular weight excluding hydrogens is 310 g/mol. The van der Waals surface area contributed by atoms with E-state index in [1.165, 1.54) is 0 Å². The normalized spacial score (nSPS) is 10.5. The lowest BCUT2D eigenvalue weighted by Crippen LogP contribution is -1.83. The van der Waals surface area contributed by atoms with Gasteiger partial charge in [-0.3, -0.25) is 0 Å². The van der Waals surface area contributed by atoms with E-state index in [0.29, 0.717) is 39.3 Å². The number of nitriles is 3. The SMILES string of the molecule is N#C/C(=C/c1ccc(-c2ccccc2C#N)o1)c1cccc(C#N)c1. The van der Waals surface area contributed by atoms with Crippen LogP contribution in [0.5, 0.6) is 0 Å². The Labute approximate surface area is 145 Å². The van der Waals surface area contributed by atoms with E-state index in [1.54, 1.807) is 54.6 Å².